The van der Waals surface area contributed by atoms with E-state index >= 15 is 0 Å². The number of thiophene rings is 3. The molecule has 0 nitrogen and oxygen atoms in total. The van der Waals surface area contributed by atoms with Crippen LogP contribution >= 0.6 is 34.0 Å². The molecule has 0 atom stereocenters. The second-order valence-corrected chi connectivity index (χ2v) is 15.6. The standard InChI is InChI=1S/C44H24S3/c1-3-13-29-27(11-1)40(25-20-21-33-39(24-25)46-38-23-22-31-26-10-5-7-17-35(26)47-44(31)43(33)38)28-12-2-4-14-30(28)41(29)34-16-9-19-37-42(34)32-15-6-8-18-36(32)45-37/h1-24H. The average molecular weight is 649 g/mol. The van der Waals surface area contributed by atoms with Crippen LogP contribution in [0.3, 0.4) is 0 Å². The Morgan fingerprint density at radius 2 is 0.830 bits per heavy atom. The van der Waals surface area contributed by atoms with Gasteiger partial charge in [0.05, 0.1) is 0 Å². The average Bonchev–Trinajstić information content (AvgIpc) is 3.81. The van der Waals surface area contributed by atoms with Crippen LogP contribution in [-0.2, 0) is 0 Å². The van der Waals surface area contributed by atoms with E-state index in [1.807, 2.05) is 34.0 Å². The molecule has 11 aromatic rings. The molecule has 0 aliphatic rings. The van der Waals surface area contributed by atoms with Gasteiger partial charge in [-0.25, -0.2) is 0 Å². The van der Waals surface area contributed by atoms with Crippen LogP contribution in [0.25, 0.3) is 104 Å². The lowest BCUT2D eigenvalue weighted by Gasteiger charge is -2.18. The Hall–Kier alpha value is -5.06. The van der Waals surface area contributed by atoms with Gasteiger partial charge in [-0.2, -0.15) is 0 Å². The van der Waals surface area contributed by atoms with Crippen LogP contribution in [0, 0.1) is 0 Å². The highest BCUT2D eigenvalue weighted by Crippen LogP contribution is 2.49. The molecule has 0 amide bonds. The van der Waals surface area contributed by atoms with Gasteiger partial charge in [0.15, 0.2) is 0 Å². The molecule has 0 fully saturated rings. The SMILES string of the molecule is c1ccc2c(c1)sc1c2ccc2sc3cc(-c4c5ccccc5c(-c5cccc6sc7ccccc7c56)c5ccccc45)ccc3c21. The molecule has 0 saturated carbocycles. The van der Waals surface area contributed by atoms with Crippen LogP contribution in [0.15, 0.2) is 146 Å². The zero-order chi connectivity index (χ0) is 30.6. The zero-order valence-electron chi connectivity index (χ0n) is 25.1. The van der Waals surface area contributed by atoms with Gasteiger partial charge in [0, 0.05) is 60.5 Å². The van der Waals surface area contributed by atoms with E-state index in [9.17, 15) is 0 Å². The lowest BCUT2D eigenvalue weighted by molar-refractivity contribution is 1.71. The van der Waals surface area contributed by atoms with Crippen molar-refractivity contribution in [3.8, 4) is 22.3 Å². The van der Waals surface area contributed by atoms with Crippen LogP contribution in [0.1, 0.15) is 0 Å². The Morgan fingerprint density at radius 3 is 1.57 bits per heavy atom. The van der Waals surface area contributed by atoms with Crippen molar-refractivity contribution in [2.24, 2.45) is 0 Å². The van der Waals surface area contributed by atoms with E-state index < -0.39 is 0 Å². The highest BCUT2D eigenvalue weighted by molar-refractivity contribution is 7.29. The Morgan fingerprint density at radius 1 is 0.298 bits per heavy atom. The monoisotopic (exact) mass is 648 g/mol. The van der Waals surface area contributed by atoms with Crippen LogP contribution in [-0.4, -0.2) is 0 Å². The smallest absolute Gasteiger partial charge is 0.0448 e. The fourth-order valence-corrected chi connectivity index (χ4v) is 11.5. The first kappa shape index (κ1) is 26.1. The third-order valence-corrected chi connectivity index (χ3v) is 13.3. The molecule has 3 aromatic heterocycles. The quantitative estimate of drug-likeness (QED) is 0.164. The number of hydrogen-bond donors (Lipinski definition) is 0. The van der Waals surface area contributed by atoms with E-state index in [0.717, 1.165) is 0 Å². The predicted molar refractivity (Wildman–Crippen MR) is 211 cm³/mol. The van der Waals surface area contributed by atoms with Crippen LogP contribution in [0.2, 0.25) is 0 Å². The minimum atomic E-state index is 1.27. The van der Waals surface area contributed by atoms with Crippen molar-refractivity contribution >= 4 is 116 Å². The van der Waals surface area contributed by atoms with Crippen molar-refractivity contribution in [3.05, 3.63) is 146 Å². The van der Waals surface area contributed by atoms with E-state index in [1.165, 1.54) is 104 Å². The van der Waals surface area contributed by atoms with Crippen molar-refractivity contribution in [1.82, 2.24) is 0 Å². The highest BCUT2D eigenvalue weighted by atomic mass is 32.1. The molecule has 0 bridgehead atoms. The third-order valence-electron chi connectivity index (χ3n) is 9.87. The topological polar surface area (TPSA) is 0 Å². The van der Waals surface area contributed by atoms with E-state index in [4.69, 9.17) is 0 Å². The molecule has 218 valence electrons. The van der Waals surface area contributed by atoms with Crippen LogP contribution in [0.4, 0.5) is 0 Å². The van der Waals surface area contributed by atoms with Gasteiger partial charge in [0.25, 0.3) is 0 Å². The molecule has 0 aliphatic carbocycles. The summed E-state index contributed by atoms with van der Waals surface area (Å²) in [4.78, 5) is 0. The van der Waals surface area contributed by atoms with Crippen molar-refractivity contribution in [1.29, 1.82) is 0 Å². The summed E-state index contributed by atoms with van der Waals surface area (Å²) in [6.07, 6.45) is 0. The first-order chi connectivity index (χ1) is 23.3. The fourth-order valence-electron chi connectivity index (χ4n) is 7.91. The summed E-state index contributed by atoms with van der Waals surface area (Å²) in [5.41, 5.74) is 5.22. The molecule has 47 heavy (non-hydrogen) atoms. The Kier molecular flexibility index (Phi) is 5.39. The number of fused-ring (bicyclic) bond motifs is 12. The van der Waals surface area contributed by atoms with E-state index in [2.05, 4.69) is 146 Å². The van der Waals surface area contributed by atoms with Gasteiger partial charge in [-0.15, -0.1) is 34.0 Å². The molecule has 0 spiro atoms. The lowest BCUT2D eigenvalue weighted by Crippen LogP contribution is -1.91. The summed E-state index contributed by atoms with van der Waals surface area (Å²) >= 11 is 5.73. The van der Waals surface area contributed by atoms with Crippen molar-refractivity contribution in [2.45, 2.75) is 0 Å². The maximum atomic E-state index is 2.44. The molecule has 0 saturated heterocycles. The van der Waals surface area contributed by atoms with Gasteiger partial charge in [0.1, 0.15) is 0 Å². The zero-order valence-corrected chi connectivity index (χ0v) is 27.5. The highest BCUT2D eigenvalue weighted by Gasteiger charge is 2.20. The maximum Gasteiger partial charge on any atom is 0.0448 e. The summed E-state index contributed by atoms with van der Waals surface area (Å²) in [6, 6.07) is 54.4. The summed E-state index contributed by atoms with van der Waals surface area (Å²) in [5, 5.41) is 13.4. The minimum absolute atomic E-state index is 1.27. The molecular formula is C44H24S3. The predicted octanol–water partition coefficient (Wildman–Crippen LogP) is 14.4. The normalized spacial score (nSPS) is 12.3. The molecular weight excluding hydrogens is 625 g/mol. The molecule has 8 aromatic carbocycles. The fraction of sp³-hybridized carbons (Fsp3) is 0. The Bertz CT molecular complexity index is 3020. The first-order valence-corrected chi connectivity index (χ1v) is 18.4. The van der Waals surface area contributed by atoms with Gasteiger partial charge < -0.3 is 0 Å². The van der Waals surface area contributed by atoms with Crippen molar-refractivity contribution in [3.63, 3.8) is 0 Å². The van der Waals surface area contributed by atoms with Crippen molar-refractivity contribution < 1.29 is 0 Å². The lowest BCUT2D eigenvalue weighted by atomic mass is 9.85. The largest absolute Gasteiger partial charge is 0.135 e. The Labute approximate surface area is 282 Å². The van der Waals surface area contributed by atoms with Crippen molar-refractivity contribution in [2.75, 3.05) is 0 Å². The maximum absolute atomic E-state index is 2.44. The molecule has 0 aliphatic heterocycles. The van der Waals surface area contributed by atoms with E-state index in [0.29, 0.717) is 0 Å². The van der Waals surface area contributed by atoms with E-state index in [-0.39, 0.29) is 0 Å². The molecule has 3 heteroatoms. The molecule has 3 heterocycles. The van der Waals surface area contributed by atoms with Gasteiger partial charge in [-0.05, 0) is 74.1 Å². The molecule has 11 rings (SSSR count). The summed E-state index contributed by atoms with van der Waals surface area (Å²) in [7, 11) is 0. The van der Waals surface area contributed by atoms with Crippen LogP contribution < -0.4 is 0 Å². The third kappa shape index (κ3) is 3.62. The summed E-state index contributed by atoms with van der Waals surface area (Å²) in [6.45, 7) is 0. The summed E-state index contributed by atoms with van der Waals surface area (Å²) < 4.78 is 8.13. The second kappa shape index (κ2) is 9.73. The van der Waals surface area contributed by atoms with E-state index in [1.54, 1.807) is 0 Å². The van der Waals surface area contributed by atoms with Gasteiger partial charge in [-0.3, -0.25) is 0 Å². The number of benzene rings is 8. The Balaban J connectivity index is 1.22. The molecule has 0 unspecified atom stereocenters. The number of hydrogen-bond acceptors (Lipinski definition) is 3. The second-order valence-electron chi connectivity index (χ2n) is 12.3. The molecule has 0 radical (unpaired) electrons. The van der Waals surface area contributed by atoms with Gasteiger partial charge in [-0.1, -0.05) is 115 Å². The van der Waals surface area contributed by atoms with Crippen LogP contribution in [0.5, 0.6) is 0 Å². The first-order valence-electron chi connectivity index (χ1n) is 15.9. The van der Waals surface area contributed by atoms with Gasteiger partial charge in [0.2, 0.25) is 0 Å². The molecule has 0 N–H and O–H groups in total. The van der Waals surface area contributed by atoms with Gasteiger partial charge >= 0.3 is 0 Å². The minimum Gasteiger partial charge on any atom is -0.135 e. The number of rotatable bonds is 2. The summed E-state index contributed by atoms with van der Waals surface area (Å²) in [5.74, 6) is 0.